The van der Waals surface area contributed by atoms with Gasteiger partial charge in [0.15, 0.2) is 0 Å². The summed E-state index contributed by atoms with van der Waals surface area (Å²) in [6.07, 6.45) is 2.04. The zero-order chi connectivity index (χ0) is 21.5. The molecule has 6 nitrogen and oxygen atoms in total. The highest BCUT2D eigenvalue weighted by molar-refractivity contribution is 6.31. The first-order valence-electron chi connectivity index (χ1n) is 10.0. The number of carbonyl (C=O) groups is 2. The molecule has 1 heterocycles. The molecule has 0 aliphatic heterocycles. The second-order valence-corrected chi connectivity index (χ2v) is 7.60. The number of carbonyl (C=O) groups excluding carboxylic acids is 2. The number of H-pyrrole nitrogens is 1. The van der Waals surface area contributed by atoms with Gasteiger partial charge < -0.3 is 20.4 Å². The highest BCUT2D eigenvalue weighted by Crippen LogP contribution is 2.20. The van der Waals surface area contributed by atoms with Crippen LogP contribution >= 0.6 is 11.6 Å². The lowest BCUT2D eigenvalue weighted by Crippen LogP contribution is -2.48. The number of nitrogens with one attached hydrogen (secondary N) is 3. The predicted molar refractivity (Wildman–Crippen MR) is 118 cm³/mol. The van der Waals surface area contributed by atoms with E-state index in [-0.39, 0.29) is 18.6 Å². The number of hydrogen-bond donors (Lipinski definition) is 3. The number of para-hydroxylation sites is 1. The third-order valence-electron chi connectivity index (χ3n) is 5.00. The quantitative estimate of drug-likeness (QED) is 0.492. The molecule has 2 aromatic carbocycles. The smallest absolute Gasteiger partial charge is 0.408 e. The zero-order valence-corrected chi connectivity index (χ0v) is 17.8. The third-order valence-corrected chi connectivity index (χ3v) is 5.37. The van der Waals surface area contributed by atoms with Gasteiger partial charge in [-0.05, 0) is 36.6 Å². The summed E-state index contributed by atoms with van der Waals surface area (Å²) in [4.78, 5) is 28.5. The predicted octanol–water partition coefficient (Wildman–Crippen LogP) is 4.57. The second-order valence-electron chi connectivity index (χ2n) is 7.19. The summed E-state index contributed by atoms with van der Waals surface area (Å²) in [5.41, 5.74) is 2.72. The Morgan fingerprint density at radius 3 is 2.60 bits per heavy atom. The molecule has 0 saturated heterocycles. The maximum atomic E-state index is 12.9. The molecule has 2 amide bonds. The third kappa shape index (κ3) is 5.54. The van der Waals surface area contributed by atoms with Crippen molar-refractivity contribution >= 4 is 34.5 Å². The minimum atomic E-state index is -0.789. The van der Waals surface area contributed by atoms with Crippen LogP contribution in [0, 0.1) is 0 Å². The van der Waals surface area contributed by atoms with Crippen molar-refractivity contribution in [3.05, 3.63) is 70.9 Å². The van der Waals surface area contributed by atoms with E-state index in [2.05, 4.69) is 15.6 Å². The van der Waals surface area contributed by atoms with Crippen molar-refractivity contribution in [2.24, 2.45) is 0 Å². The second kappa shape index (κ2) is 10.2. The highest BCUT2D eigenvalue weighted by atomic mass is 35.5. The van der Waals surface area contributed by atoms with Gasteiger partial charge in [0, 0.05) is 35.1 Å². The van der Waals surface area contributed by atoms with E-state index < -0.39 is 12.1 Å². The number of hydrogen-bond acceptors (Lipinski definition) is 3. The van der Waals surface area contributed by atoms with Crippen LogP contribution in [0.5, 0.6) is 0 Å². The summed E-state index contributed by atoms with van der Waals surface area (Å²) in [7, 11) is 0. The molecular formula is C23H26ClN3O3. The fraction of sp³-hybridized carbons (Fsp3) is 0.304. The maximum absolute atomic E-state index is 12.9. The number of rotatable bonds is 8. The molecule has 0 bridgehead atoms. The molecule has 2 unspecified atom stereocenters. The Morgan fingerprint density at radius 1 is 1.10 bits per heavy atom. The Labute approximate surface area is 181 Å². The molecule has 0 aliphatic rings. The molecular weight excluding hydrogens is 402 g/mol. The molecule has 0 aliphatic carbocycles. The van der Waals surface area contributed by atoms with E-state index in [1.807, 2.05) is 62.5 Å². The van der Waals surface area contributed by atoms with Gasteiger partial charge >= 0.3 is 6.09 Å². The fourth-order valence-corrected chi connectivity index (χ4v) is 3.32. The minimum Gasteiger partial charge on any atom is -0.447 e. The Balaban J connectivity index is 1.75. The van der Waals surface area contributed by atoms with Crippen LogP contribution in [0.1, 0.15) is 31.4 Å². The monoisotopic (exact) mass is 427 g/mol. The van der Waals surface area contributed by atoms with Crippen LogP contribution in [0.25, 0.3) is 10.9 Å². The van der Waals surface area contributed by atoms with Gasteiger partial charge in [0.2, 0.25) is 5.91 Å². The van der Waals surface area contributed by atoms with Gasteiger partial charge in [0.25, 0.3) is 0 Å². The van der Waals surface area contributed by atoms with Crippen molar-refractivity contribution < 1.29 is 14.3 Å². The van der Waals surface area contributed by atoms with Crippen LogP contribution in [0.3, 0.4) is 0 Å². The van der Waals surface area contributed by atoms with Crippen molar-refractivity contribution in [1.82, 2.24) is 15.6 Å². The van der Waals surface area contributed by atoms with E-state index in [0.717, 1.165) is 22.0 Å². The van der Waals surface area contributed by atoms with Crippen molar-refractivity contribution in [3.8, 4) is 0 Å². The number of alkyl carbamates (subject to hydrolysis) is 1. The largest absolute Gasteiger partial charge is 0.447 e. The van der Waals surface area contributed by atoms with Crippen LogP contribution < -0.4 is 10.6 Å². The van der Waals surface area contributed by atoms with Crippen LogP contribution in [-0.4, -0.2) is 29.1 Å². The van der Waals surface area contributed by atoms with Gasteiger partial charge in [-0.3, -0.25) is 4.79 Å². The first-order valence-corrected chi connectivity index (χ1v) is 10.4. The molecule has 1 aromatic heterocycles. The number of halogens is 1. The van der Waals surface area contributed by atoms with E-state index in [0.29, 0.717) is 17.9 Å². The highest BCUT2D eigenvalue weighted by Gasteiger charge is 2.24. The Morgan fingerprint density at radius 2 is 1.83 bits per heavy atom. The standard InChI is InChI=1S/C23H26ClN3O3/c1-3-15(2)30-23(29)27-21(12-17-14-25-20-11-7-5-9-18(17)20)22(28)26-13-16-8-4-6-10-19(16)24/h4-11,14-15,21,25H,3,12-13H2,1-2H3,(H,26,28)(H,27,29). The number of aromatic nitrogens is 1. The topological polar surface area (TPSA) is 83.2 Å². The van der Waals surface area contributed by atoms with Crippen LogP contribution in [-0.2, 0) is 22.5 Å². The molecule has 158 valence electrons. The summed E-state index contributed by atoms with van der Waals surface area (Å²) in [5, 5.41) is 7.18. The normalized spacial score (nSPS) is 12.9. The number of ether oxygens (including phenoxy) is 1. The lowest BCUT2D eigenvalue weighted by atomic mass is 10.0. The Kier molecular flexibility index (Phi) is 7.36. The summed E-state index contributed by atoms with van der Waals surface area (Å²) < 4.78 is 5.31. The number of fused-ring (bicyclic) bond motifs is 1. The van der Waals surface area contributed by atoms with Crippen LogP contribution in [0.2, 0.25) is 5.02 Å². The first kappa shape index (κ1) is 21.7. The van der Waals surface area contributed by atoms with Crippen molar-refractivity contribution in [2.45, 2.75) is 45.4 Å². The molecule has 0 fully saturated rings. The van der Waals surface area contributed by atoms with Gasteiger partial charge in [-0.2, -0.15) is 0 Å². The zero-order valence-electron chi connectivity index (χ0n) is 17.1. The average Bonchev–Trinajstić information content (AvgIpc) is 3.15. The lowest BCUT2D eigenvalue weighted by molar-refractivity contribution is -0.123. The maximum Gasteiger partial charge on any atom is 0.408 e. The van der Waals surface area contributed by atoms with Crippen LogP contribution in [0.15, 0.2) is 54.7 Å². The first-order chi connectivity index (χ1) is 14.5. The van der Waals surface area contributed by atoms with Gasteiger partial charge in [-0.25, -0.2) is 4.79 Å². The average molecular weight is 428 g/mol. The molecule has 2 atom stereocenters. The number of amides is 2. The van der Waals surface area contributed by atoms with E-state index in [4.69, 9.17) is 16.3 Å². The summed E-state index contributed by atoms with van der Waals surface area (Å²) in [6, 6.07) is 14.4. The van der Waals surface area contributed by atoms with Gasteiger partial charge in [-0.15, -0.1) is 0 Å². The molecule has 0 spiro atoms. The minimum absolute atomic E-state index is 0.232. The molecule has 3 aromatic rings. The molecule has 30 heavy (non-hydrogen) atoms. The van der Waals surface area contributed by atoms with Crippen molar-refractivity contribution in [2.75, 3.05) is 0 Å². The van der Waals surface area contributed by atoms with Gasteiger partial charge in [0.1, 0.15) is 12.1 Å². The van der Waals surface area contributed by atoms with Crippen LogP contribution in [0.4, 0.5) is 4.79 Å². The fourth-order valence-electron chi connectivity index (χ4n) is 3.12. The van der Waals surface area contributed by atoms with E-state index >= 15 is 0 Å². The van der Waals surface area contributed by atoms with Crippen molar-refractivity contribution in [1.29, 1.82) is 0 Å². The SMILES string of the molecule is CCC(C)OC(=O)NC(Cc1c[nH]c2ccccc12)C(=O)NCc1ccccc1Cl. The lowest BCUT2D eigenvalue weighted by Gasteiger charge is -2.20. The summed E-state index contributed by atoms with van der Waals surface area (Å²) in [6.45, 7) is 4.01. The van der Waals surface area contributed by atoms with Gasteiger partial charge in [0.05, 0.1) is 0 Å². The molecule has 7 heteroatoms. The molecule has 3 N–H and O–H groups in total. The van der Waals surface area contributed by atoms with E-state index in [1.165, 1.54) is 0 Å². The van der Waals surface area contributed by atoms with Crippen molar-refractivity contribution in [3.63, 3.8) is 0 Å². The molecule has 3 rings (SSSR count). The summed E-state index contributed by atoms with van der Waals surface area (Å²) in [5.74, 6) is -0.304. The van der Waals surface area contributed by atoms with E-state index in [9.17, 15) is 9.59 Å². The molecule has 0 radical (unpaired) electrons. The Hall–Kier alpha value is -2.99. The van der Waals surface area contributed by atoms with Gasteiger partial charge in [-0.1, -0.05) is 54.9 Å². The Bertz CT molecular complexity index is 1020. The number of aromatic amines is 1. The summed E-state index contributed by atoms with van der Waals surface area (Å²) >= 11 is 6.18. The van der Waals surface area contributed by atoms with E-state index in [1.54, 1.807) is 6.07 Å². The number of benzene rings is 2. The molecule has 0 saturated carbocycles.